The Kier molecular flexibility index (Phi) is 3.64. The molecule has 0 amide bonds. The summed E-state index contributed by atoms with van der Waals surface area (Å²) in [6, 6.07) is 7.85. The summed E-state index contributed by atoms with van der Waals surface area (Å²) >= 11 is 0. The zero-order valence-corrected chi connectivity index (χ0v) is 12.7. The third kappa shape index (κ3) is 2.69. The predicted molar refractivity (Wildman–Crippen MR) is 84.5 cm³/mol. The summed E-state index contributed by atoms with van der Waals surface area (Å²) in [4.78, 5) is 2.68. The molecule has 2 heterocycles. The first-order chi connectivity index (χ1) is 10.3. The Morgan fingerprint density at radius 1 is 1.10 bits per heavy atom. The highest BCUT2D eigenvalue weighted by atomic mass is 16.3. The SMILES string of the molecule is Oc1ccc2c(c1)C(NC1CCN3CCCC3C1)CCC2. The van der Waals surface area contributed by atoms with Crippen LogP contribution in [-0.2, 0) is 6.42 Å². The smallest absolute Gasteiger partial charge is 0.115 e. The third-order valence-corrected chi connectivity index (χ3v) is 5.70. The van der Waals surface area contributed by atoms with Crippen LogP contribution >= 0.6 is 0 Å². The van der Waals surface area contributed by atoms with Crippen LogP contribution in [0.3, 0.4) is 0 Å². The van der Waals surface area contributed by atoms with E-state index >= 15 is 0 Å². The summed E-state index contributed by atoms with van der Waals surface area (Å²) < 4.78 is 0. The van der Waals surface area contributed by atoms with Gasteiger partial charge in [0, 0.05) is 18.1 Å². The van der Waals surface area contributed by atoms with Crippen molar-refractivity contribution in [2.75, 3.05) is 13.1 Å². The number of benzene rings is 1. The molecule has 21 heavy (non-hydrogen) atoms. The number of phenols is 1. The average molecular weight is 286 g/mol. The van der Waals surface area contributed by atoms with Crippen molar-refractivity contribution in [3.05, 3.63) is 29.3 Å². The van der Waals surface area contributed by atoms with Crippen molar-refractivity contribution >= 4 is 0 Å². The van der Waals surface area contributed by atoms with Crippen LogP contribution in [0, 0.1) is 0 Å². The second-order valence-electron chi connectivity index (χ2n) is 7.05. The van der Waals surface area contributed by atoms with Crippen molar-refractivity contribution in [3.63, 3.8) is 0 Å². The summed E-state index contributed by atoms with van der Waals surface area (Å²) in [5, 5.41) is 13.7. The Morgan fingerprint density at radius 2 is 2.05 bits per heavy atom. The highest BCUT2D eigenvalue weighted by molar-refractivity contribution is 5.38. The van der Waals surface area contributed by atoms with Crippen LogP contribution < -0.4 is 5.32 Å². The maximum Gasteiger partial charge on any atom is 0.115 e. The predicted octanol–water partition coefficient (Wildman–Crippen LogP) is 2.99. The number of nitrogens with one attached hydrogen (secondary N) is 1. The molecular weight excluding hydrogens is 260 g/mol. The lowest BCUT2D eigenvalue weighted by molar-refractivity contribution is 0.159. The van der Waals surface area contributed by atoms with Crippen LogP contribution in [0.15, 0.2) is 18.2 Å². The van der Waals surface area contributed by atoms with Gasteiger partial charge in [-0.15, -0.1) is 0 Å². The van der Waals surface area contributed by atoms with Gasteiger partial charge in [0.2, 0.25) is 0 Å². The maximum atomic E-state index is 9.80. The van der Waals surface area contributed by atoms with Gasteiger partial charge in [0.25, 0.3) is 0 Å². The minimum absolute atomic E-state index is 0.410. The molecule has 0 aromatic heterocycles. The molecule has 114 valence electrons. The number of aryl methyl sites for hydroxylation is 1. The first-order valence-electron chi connectivity index (χ1n) is 8.61. The number of hydrogen-bond acceptors (Lipinski definition) is 3. The summed E-state index contributed by atoms with van der Waals surface area (Å²) in [6.07, 6.45) is 9.00. The highest BCUT2D eigenvalue weighted by Crippen LogP contribution is 2.34. The van der Waals surface area contributed by atoms with E-state index in [9.17, 15) is 5.11 Å². The lowest BCUT2D eigenvalue weighted by Crippen LogP contribution is -2.47. The molecule has 0 bridgehead atoms. The van der Waals surface area contributed by atoms with E-state index < -0.39 is 0 Å². The van der Waals surface area contributed by atoms with E-state index in [1.807, 2.05) is 12.1 Å². The van der Waals surface area contributed by atoms with Gasteiger partial charge in [-0.2, -0.15) is 0 Å². The van der Waals surface area contributed by atoms with Crippen molar-refractivity contribution in [1.82, 2.24) is 10.2 Å². The molecule has 1 aromatic carbocycles. The molecule has 2 saturated heterocycles. The van der Waals surface area contributed by atoms with Gasteiger partial charge in [-0.3, -0.25) is 0 Å². The Morgan fingerprint density at radius 3 is 3.00 bits per heavy atom. The van der Waals surface area contributed by atoms with Gasteiger partial charge in [0.05, 0.1) is 0 Å². The number of piperidine rings is 1. The monoisotopic (exact) mass is 286 g/mol. The highest BCUT2D eigenvalue weighted by Gasteiger charge is 2.33. The van der Waals surface area contributed by atoms with Crippen molar-refractivity contribution in [2.24, 2.45) is 0 Å². The second-order valence-corrected chi connectivity index (χ2v) is 7.05. The molecule has 1 aliphatic carbocycles. The van der Waals surface area contributed by atoms with Crippen LogP contribution in [0.2, 0.25) is 0 Å². The molecule has 2 N–H and O–H groups in total. The molecule has 0 radical (unpaired) electrons. The minimum Gasteiger partial charge on any atom is -0.508 e. The van der Waals surface area contributed by atoms with Crippen molar-refractivity contribution in [1.29, 1.82) is 0 Å². The van der Waals surface area contributed by atoms with E-state index in [0.29, 0.717) is 17.8 Å². The van der Waals surface area contributed by atoms with E-state index in [2.05, 4.69) is 16.3 Å². The number of phenolic OH excluding ortho intramolecular Hbond substituents is 1. The number of aromatic hydroxyl groups is 1. The molecular formula is C18H26N2O. The lowest BCUT2D eigenvalue weighted by atomic mass is 9.86. The molecule has 1 aromatic rings. The topological polar surface area (TPSA) is 35.5 Å². The molecule has 4 rings (SSSR count). The Labute approximate surface area is 127 Å². The van der Waals surface area contributed by atoms with E-state index in [1.54, 1.807) is 0 Å². The van der Waals surface area contributed by atoms with Crippen LogP contribution in [0.4, 0.5) is 0 Å². The number of rotatable bonds is 2. The van der Waals surface area contributed by atoms with Gasteiger partial charge in [-0.25, -0.2) is 0 Å². The van der Waals surface area contributed by atoms with Gasteiger partial charge < -0.3 is 15.3 Å². The molecule has 3 nitrogen and oxygen atoms in total. The van der Waals surface area contributed by atoms with Crippen LogP contribution in [0.25, 0.3) is 0 Å². The standard InChI is InChI=1S/C18H26N2O/c21-16-7-6-13-3-1-5-18(17(13)12-16)19-14-8-10-20-9-2-4-15(20)11-14/h6-7,12,14-15,18-19,21H,1-5,8-11H2. The van der Waals surface area contributed by atoms with E-state index in [4.69, 9.17) is 0 Å². The summed E-state index contributed by atoms with van der Waals surface area (Å²) in [5.41, 5.74) is 2.77. The molecule has 3 unspecified atom stereocenters. The van der Waals surface area contributed by atoms with Gasteiger partial charge >= 0.3 is 0 Å². The van der Waals surface area contributed by atoms with E-state index in [-0.39, 0.29) is 0 Å². The quantitative estimate of drug-likeness (QED) is 0.877. The van der Waals surface area contributed by atoms with E-state index in [1.165, 1.54) is 62.7 Å². The van der Waals surface area contributed by atoms with Crippen LogP contribution in [0.1, 0.15) is 55.7 Å². The Bertz CT molecular complexity index is 516. The summed E-state index contributed by atoms with van der Waals surface area (Å²) in [7, 11) is 0. The fourth-order valence-corrected chi connectivity index (χ4v) is 4.62. The second kappa shape index (κ2) is 5.62. The number of nitrogens with zero attached hydrogens (tertiary/aromatic N) is 1. The number of hydrogen-bond donors (Lipinski definition) is 2. The lowest BCUT2D eigenvalue weighted by Gasteiger charge is -2.38. The molecule has 3 heteroatoms. The van der Waals surface area contributed by atoms with Gasteiger partial charge in [-0.1, -0.05) is 6.07 Å². The summed E-state index contributed by atoms with van der Waals surface area (Å²) in [5.74, 6) is 0.410. The molecule has 3 aliphatic rings. The van der Waals surface area contributed by atoms with Gasteiger partial charge in [0.15, 0.2) is 0 Å². The maximum absolute atomic E-state index is 9.80. The third-order valence-electron chi connectivity index (χ3n) is 5.70. The van der Waals surface area contributed by atoms with Crippen molar-refractivity contribution < 1.29 is 5.11 Å². The zero-order valence-electron chi connectivity index (χ0n) is 12.7. The fourth-order valence-electron chi connectivity index (χ4n) is 4.62. The summed E-state index contributed by atoms with van der Waals surface area (Å²) in [6.45, 7) is 2.58. The minimum atomic E-state index is 0.410. The number of fused-ring (bicyclic) bond motifs is 2. The average Bonchev–Trinajstić information content (AvgIpc) is 2.95. The fraction of sp³-hybridized carbons (Fsp3) is 0.667. The molecule has 3 atom stereocenters. The zero-order chi connectivity index (χ0) is 14.2. The Balaban J connectivity index is 1.47. The normalized spacial score (nSPS) is 32.7. The molecule has 2 aliphatic heterocycles. The largest absolute Gasteiger partial charge is 0.508 e. The first kappa shape index (κ1) is 13.6. The van der Waals surface area contributed by atoms with E-state index in [0.717, 1.165) is 12.5 Å². The Hall–Kier alpha value is -1.06. The molecule has 0 spiro atoms. The van der Waals surface area contributed by atoms with Crippen LogP contribution in [-0.4, -0.2) is 35.2 Å². The first-order valence-corrected chi connectivity index (χ1v) is 8.61. The molecule has 2 fully saturated rings. The van der Waals surface area contributed by atoms with Crippen molar-refractivity contribution in [3.8, 4) is 5.75 Å². The van der Waals surface area contributed by atoms with Crippen LogP contribution in [0.5, 0.6) is 5.75 Å². The molecule has 0 saturated carbocycles. The van der Waals surface area contributed by atoms with Gasteiger partial charge in [-0.05, 0) is 81.3 Å². The van der Waals surface area contributed by atoms with Gasteiger partial charge in [0.1, 0.15) is 5.75 Å². The van der Waals surface area contributed by atoms with Crippen molar-refractivity contribution in [2.45, 2.75) is 63.1 Å².